The first-order chi connectivity index (χ1) is 9.88. The van der Waals surface area contributed by atoms with Crippen LogP contribution in [0.1, 0.15) is 17.5 Å². The predicted octanol–water partition coefficient (Wildman–Crippen LogP) is 3.68. The first kappa shape index (κ1) is 15.8. The summed E-state index contributed by atoms with van der Waals surface area (Å²) in [5.41, 5.74) is 1.65. The molecule has 3 rings (SSSR count). The lowest BCUT2D eigenvalue weighted by Gasteiger charge is -2.33. The van der Waals surface area contributed by atoms with Crippen molar-refractivity contribution in [3.63, 3.8) is 0 Å². The van der Waals surface area contributed by atoms with E-state index >= 15 is 0 Å². The van der Waals surface area contributed by atoms with E-state index in [2.05, 4.69) is 35.7 Å². The van der Waals surface area contributed by atoms with E-state index < -0.39 is 5.41 Å². The quantitative estimate of drug-likeness (QED) is 0.923. The van der Waals surface area contributed by atoms with Gasteiger partial charge in [0.25, 0.3) is 0 Å². The van der Waals surface area contributed by atoms with Gasteiger partial charge in [0.2, 0.25) is 0 Å². The fourth-order valence-electron chi connectivity index (χ4n) is 3.28. The SMILES string of the molecule is Br.N#CC(c1ccccc1)(c1ccccc1)[C@H]1CCNC1. The number of nitrogens with one attached hydrogen (secondary N) is 1. The maximum Gasteiger partial charge on any atom is 0.111 e. The highest BCUT2D eigenvalue weighted by Gasteiger charge is 2.43. The average Bonchev–Trinajstić information content (AvgIpc) is 3.06. The fourth-order valence-corrected chi connectivity index (χ4v) is 3.28. The summed E-state index contributed by atoms with van der Waals surface area (Å²) in [4.78, 5) is 0. The molecule has 0 amide bonds. The zero-order chi connectivity index (χ0) is 13.8. The van der Waals surface area contributed by atoms with Crippen LogP contribution in [0.25, 0.3) is 0 Å². The van der Waals surface area contributed by atoms with Crippen molar-refractivity contribution in [1.82, 2.24) is 5.32 Å². The number of halogens is 1. The van der Waals surface area contributed by atoms with E-state index in [1.807, 2.05) is 36.4 Å². The Bertz CT molecular complexity index is 559. The van der Waals surface area contributed by atoms with Gasteiger partial charge in [-0.2, -0.15) is 5.26 Å². The maximum absolute atomic E-state index is 10.1. The molecule has 0 saturated carbocycles. The van der Waals surface area contributed by atoms with Crippen molar-refractivity contribution in [2.45, 2.75) is 11.8 Å². The second kappa shape index (κ2) is 6.89. The number of nitrogens with zero attached hydrogens (tertiary/aromatic N) is 1. The van der Waals surface area contributed by atoms with E-state index in [-0.39, 0.29) is 17.0 Å². The van der Waals surface area contributed by atoms with Crippen LogP contribution in [0.5, 0.6) is 0 Å². The Balaban J connectivity index is 0.00000161. The average molecular weight is 343 g/mol. The van der Waals surface area contributed by atoms with E-state index in [9.17, 15) is 5.26 Å². The zero-order valence-corrected chi connectivity index (χ0v) is 13.5. The third-order valence-electron chi connectivity index (χ3n) is 4.31. The van der Waals surface area contributed by atoms with Gasteiger partial charge >= 0.3 is 0 Å². The van der Waals surface area contributed by atoms with Crippen molar-refractivity contribution in [2.24, 2.45) is 5.92 Å². The molecule has 1 saturated heterocycles. The molecule has 0 bridgehead atoms. The maximum atomic E-state index is 10.1. The van der Waals surface area contributed by atoms with Gasteiger partial charge in [0, 0.05) is 6.54 Å². The van der Waals surface area contributed by atoms with Crippen molar-refractivity contribution in [3.05, 3.63) is 71.8 Å². The summed E-state index contributed by atoms with van der Waals surface area (Å²) in [5.74, 6) is 0.317. The van der Waals surface area contributed by atoms with Gasteiger partial charge in [-0.25, -0.2) is 0 Å². The van der Waals surface area contributed by atoms with Crippen LogP contribution in [0.4, 0.5) is 0 Å². The fraction of sp³-hybridized carbons (Fsp3) is 0.278. The molecular formula is C18H19BrN2. The molecule has 2 nitrogen and oxygen atoms in total. The Morgan fingerprint density at radius 2 is 1.48 bits per heavy atom. The highest BCUT2D eigenvalue weighted by atomic mass is 79.9. The molecule has 2 aromatic carbocycles. The lowest BCUT2D eigenvalue weighted by molar-refractivity contribution is 0.425. The Kier molecular flexibility index (Phi) is 5.17. The standard InChI is InChI=1S/C18H18N2.BrH/c19-14-18(17-11-12-20-13-17,15-7-3-1-4-8-15)16-9-5-2-6-10-16;/h1-10,17,20H,11-13H2;1H/t17-;/m0./s1. The summed E-state index contributed by atoms with van der Waals surface area (Å²) >= 11 is 0. The number of benzene rings is 2. The summed E-state index contributed by atoms with van der Waals surface area (Å²) in [6, 6.07) is 23.1. The van der Waals surface area contributed by atoms with Gasteiger partial charge < -0.3 is 5.32 Å². The van der Waals surface area contributed by atoms with Gasteiger partial charge in [0.05, 0.1) is 6.07 Å². The molecule has 1 aliphatic rings. The van der Waals surface area contributed by atoms with E-state index in [0.717, 1.165) is 30.6 Å². The minimum atomic E-state index is -0.550. The third kappa shape index (κ3) is 2.74. The lowest BCUT2D eigenvalue weighted by atomic mass is 9.66. The molecule has 0 spiro atoms. The number of nitriles is 1. The predicted molar refractivity (Wildman–Crippen MR) is 90.6 cm³/mol. The van der Waals surface area contributed by atoms with E-state index in [4.69, 9.17) is 0 Å². The zero-order valence-electron chi connectivity index (χ0n) is 11.8. The minimum Gasteiger partial charge on any atom is -0.316 e. The molecule has 108 valence electrons. The summed E-state index contributed by atoms with van der Waals surface area (Å²) in [7, 11) is 0. The summed E-state index contributed by atoms with van der Waals surface area (Å²) < 4.78 is 0. The lowest BCUT2D eigenvalue weighted by Crippen LogP contribution is -2.36. The summed E-state index contributed by atoms with van der Waals surface area (Å²) in [5, 5.41) is 13.5. The molecule has 1 fully saturated rings. The highest BCUT2D eigenvalue weighted by Crippen LogP contribution is 2.41. The molecule has 21 heavy (non-hydrogen) atoms. The molecule has 2 aromatic rings. The monoisotopic (exact) mass is 342 g/mol. The molecule has 0 radical (unpaired) electrons. The first-order valence-electron chi connectivity index (χ1n) is 7.11. The Morgan fingerprint density at radius 3 is 1.86 bits per heavy atom. The van der Waals surface area contributed by atoms with Crippen LogP contribution in [-0.4, -0.2) is 13.1 Å². The van der Waals surface area contributed by atoms with Crippen LogP contribution in [-0.2, 0) is 5.41 Å². The van der Waals surface area contributed by atoms with Gasteiger partial charge in [-0.15, -0.1) is 17.0 Å². The van der Waals surface area contributed by atoms with E-state index in [1.54, 1.807) is 0 Å². The van der Waals surface area contributed by atoms with Gasteiger partial charge in [-0.1, -0.05) is 60.7 Å². The molecule has 0 unspecified atom stereocenters. The Labute approximate surface area is 136 Å². The third-order valence-corrected chi connectivity index (χ3v) is 4.31. The number of hydrogen-bond donors (Lipinski definition) is 1. The topological polar surface area (TPSA) is 35.8 Å². The Hall–Kier alpha value is -1.63. The van der Waals surface area contributed by atoms with Crippen molar-refractivity contribution >= 4 is 17.0 Å². The van der Waals surface area contributed by atoms with Gasteiger partial charge in [0.1, 0.15) is 5.41 Å². The van der Waals surface area contributed by atoms with Crippen LogP contribution in [0.15, 0.2) is 60.7 Å². The van der Waals surface area contributed by atoms with Crippen molar-refractivity contribution in [3.8, 4) is 6.07 Å². The molecule has 0 aromatic heterocycles. The highest BCUT2D eigenvalue weighted by molar-refractivity contribution is 8.93. The largest absolute Gasteiger partial charge is 0.316 e. The van der Waals surface area contributed by atoms with Gasteiger partial charge in [0.15, 0.2) is 0 Å². The molecule has 1 aliphatic heterocycles. The van der Waals surface area contributed by atoms with Crippen molar-refractivity contribution in [2.75, 3.05) is 13.1 Å². The molecule has 3 heteroatoms. The van der Waals surface area contributed by atoms with Crippen molar-refractivity contribution < 1.29 is 0 Å². The molecule has 1 heterocycles. The van der Waals surface area contributed by atoms with Gasteiger partial charge in [-0.05, 0) is 30.0 Å². The Morgan fingerprint density at radius 1 is 0.952 bits per heavy atom. The number of hydrogen-bond acceptors (Lipinski definition) is 2. The summed E-state index contributed by atoms with van der Waals surface area (Å²) in [6.45, 7) is 1.89. The van der Waals surface area contributed by atoms with Crippen LogP contribution in [0.3, 0.4) is 0 Å². The number of rotatable bonds is 3. The van der Waals surface area contributed by atoms with Crippen LogP contribution in [0, 0.1) is 17.2 Å². The van der Waals surface area contributed by atoms with Crippen molar-refractivity contribution in [1.29, 1.82) is 5.26 Å². The van der Waals surface area contributed by atoms with Crippen LogP contribution >= 0.6 is 17.0 Å². The smallest absolute Gasteiger partial charge is 0.111 e. The first-order valence-corrected chi connectivity index (χ1v) is 7.11. The normalized spacial score (nSPS) is 17.8. The molecule has 1 N–H and O–H groups in total. The second-order valence-corrected chi connectivity index (χ2v) is 5.34. The molecule has 1 atom stereocenters. The molecular weight excluding hydrogens is 324 g/mol. The summed E-state index contributed by atoms with van der Waals surface area (Å²) in [6.07, 6.45) is 1.04. The van der Waals surface area contributed by atoms with E-state index in [1.165, 1.54) is 0 Å². The van der Waals surface area contributed by atoms with E-state index in [0.29, 0.717) is 5.92 Å². The second-order valence-electron chi connectivity index (χ2n) is 5.34. The van der Waals surface area contributed by atoms with Crippen LogP contribution < -0.4 is 5.32 Å². The molecule has 0 aliphatic carbocycles. The minimum absolute atomic E-state index is 0. The van der Waals surface area contributed by atoms with Gasteiger partial charge in [-0.3, -0.25) is 0 Å². The van der Waals surface area contributed by atoms with Crippen LogP contribution in [0.2, 0.25) is 0 Å².